The fourth-order valence-electron chi connectivity index (χ4n) is 5.30. The zero-order valence-electron chi connectivity index (χ0n) is 19.3. The molecule has 31 heavy (non-hydrogen) atoms. The number of morpholine rings is 1. The molecule has 0 N–H and O–H groups in total. The van der Waals surface area contributed by atoms with Crippen molar-refractivity contribution >= 4 is 5.91 Å². The van der Waals surface area contributed by atoms with Gasteiger partial charge in [-0.05, 0) is 56.1 Å². The Morgan fingerprint density at radius 2 is 2.03 bits per heavy atom. The summed E-state index contributed by atoms with van der Waals surface area (Å²) in [5.74, 6) is 1.67. The predicted octanol–water partition coefficient (Wildman–Crippen LogP) is 3.03. The van der Waals surface area contributed by atoms with Gasteiger partial charge in [-0.1, -0.05) is 13.0 Å². The Kier molecular flexibility index (Phi) is 8.34. The Hall–Kier alpha value is -1.50. The number of nitrogens with zero attached hydrogens (tertiary/aromatic N) is 4. The van der Waals surface area contributed by atoms with Crippen LogP contribution < -0.4 is 0 Å². The molecule has 6 heteroatoms. The molecular weight excluding hydrogens is 388 g/mol. The number of aromatic nitrogens is 1. The molecule has 4 rings (SSSR count). The summed E-state index contributed by atoms with van der Waals surface area (Å²) in [5.41, 5.74) is 1.14. The summed E-state index contributed by atoms with van der Waals surface area (Å²) >= 11 is 0. The van der Waals surface area contributed by atoms with Crippen LogP contribution in [0.1, 0.15) is 51.1 Å². The van der Waals surface area contributed by atoms with E-state index in [-0.39, 0.29) is 0 Å². The van der Waals surface area contributed by atoms with Crippen LogP contribution in [-0.4, -0.2) is 84.1 Å². The fourth-order valence-corrected chi connectivity index (χ4v) is 5.30. The van der Waals surface area contributed by atoms with Gasteiger partial charge >= 0.3 is 0 Å². The minimum absolute atomic E-state index is 0.372. The zero-order valence-corrected chi connectivity index (χ0v) is 19.3. The maximum atomic E-state index is 13.1. The van der Waals surface area contributed by atoms with Gasteiger partial charge in [-0.2, -0.15) is 0 Å². The molecule has 1 amide bonds. The highest BCUT2D eigenvalue weighted by atomic mass is 16.5. The van der Waals surface area contributed by atoms with Gasteiger partial charge in [-0.3, -0.25) is 19.6 Å². The largest absolute Gasteiger partial charge is 0.379 e. The lowest BCUT2D eigenvalue weighted by Gasteiger charge is -2.45. The van der Waals surface area contributed by atoms with Crippen molar-refractivity contribution in [1.29, 1.82) is 0 Å². The van der Waals surface area contributed by atoms with Crippen LogP contribution in [0.3, 0.4) is 0 Å². The summed E-state index contributed by atoms with van der Waals surface area (Å²) in [5, 5.41) is 0. The topological polar surface area (TPSA) is 48.9 Å². The van der Waals surface area contributed by atoms with E-state index in [0.717, 1.165) is 83.5 Å². The smallest absolute Gasteiger partial charge is 0.222 e. The van der Waals surface area contributed by atoms with Crippen molar-refractivity contribution < 1.29 is 9.53 Å². The lowest BCUT2D eigenvalue weighted by molar-refractivity contribution is -0.132. The lowest BCUT2D eigenvalue weighted by Crippen LogP contribution is -2.54. The molecule has 2 saturated heterocycles. The molecule has 1 saturated carbocycles. The molecule has 6 nitrogen and oxygen atoms in total. The Balaban J connectivity index is 1.37. The molecule has 1 aromatic rings. The molecule has 0 radical (unpaired) electrons. The first-order valence-electron chi connectivity index (χ1n) is 12.4. The van der Waals surface area contributed by atoms with Crippen molar-refractivity contribution in [2.24, 2.45) is 11.8 Å². The Morgan fingerprint density at radius 3 is 2.74 bits per heavy atom. The third-order valence-corrected chi connectivity index (χ3v) is 7.16. The second-order valence-corrected chi connectivity index (χ2v) is 9.64. The van der Waals surface area contributed by atoms with Gasteiger partial charge in [0, 0.05) is 64.5 Å². The summed E-state index contributed by atoms with van der Waals surface area (Å²) in [7, 11) is 0. The Morgan fingerprint density at radius 1 is 1.19 bits per heavy atom. The van der Waals surface area contributed by atoms with E-state index >= 15 is 0 Å². The highest BCUT2D eigenvalue weighted by molar-refractivity contribution is 5.76. The van der Waals surface area contributed by atoms with Gasteiger partial charge in [0.25, 0.3) is 0 Å². The molecule has 0 aromatic carbocycles. The summed E-state index contributed by atoms with van der Waals surface area (Å²) in [6.45, 7) is 10.9. The second-order valence-electron chi connectivity index (χ2n) is 9.64. The van der Waals surface area contributed by atoms with Crippen molar-refractivity contribution in [3.63, 3.8) is 0 Å². The van der Waals surface area contributed by atoms with E-state index in [0.29, 0.717) is 24.3 Å². The predicted molar refractivity (Wildman–Crippen MR) is 123 cm³/mol. The molecule has 1 aromatic heterocycles. The quantitative estimate of drug-likeness (QED) is 0.573. The van der Waals surface area contributed by atoms with Crippen LogP contribution in [0.15, 0.2) is 24.4 Å². The van der Waals surface area contributed by atoms with E-state index in [1.807, 2.05) is 12.3 Å². The van der Waals surface area contributed by atoms with E-state index in [1.54, 1.807) is 0 Å². The summed E-state index contributed by atoms with van der Waals surface area (Å²) < 4.78 is 5.60. The second kappa shape index (κ2) is 11.4. The SMILES string of the molecule is CCCN(CC1CC1)C(=O)CC[C@H]1CN(Cc2ccccn2)CC[C@H]1N1CCOCC1. The average Bonchev–Trinajstić information content (AvgIpc) is 3.63. The first kappa shape index (κ1) is 22.7. The van der Waals surface area contributed by atoms with Crippen molar-refractivity contribution in [1.82, 2.24) is 19.7 Å². The van der Waals surface area contributed by atoms with Gasteiger partial charge in [0.05, 0.1) is 18.9 Å². The van der Waals surface area contributed by atoms with Crippen LogP contribution in [0, 0.1) is 11.8 Å². The number of hydrogen-bond donors (Lipinski definition) is 0. The van der Waals surface area contributed by atoms with Crippen LogP contribution in [0.5, 0.6) is 0 Å². The zero-order chi connectivity index (χ0) is 21.5. The van der Waals surface area contributed by atoms with Crippen LogP contribution in [-0.2, 0) is 16.1 Å². The van der Waals surface area contributed by atoms with E-state index in [9.17, 15) is 4.79 Å². The summed E-state index contributed by atoms with van der Waals surface area (Å²) in [4.78, 5) is 24.9. The first-order chi connectivity index (χ1) is 15.2. The van der Waals surface area contributed by atoms with Gasteiger partial charge in [0.15, 0.2) is 0 Å². The van der Waals surface area contributed by atoms with E-state index in [4.69, 9.17) is 4.74 Å². The molecule has 2 atom stereocenters. The minimum Gasteiger partial charge on any atom is -0.379 e. The molecule has 1 aliphatic carbocycles. The number of piperidine rings is 1. The van der Waals surface area contributed by atoms with Gasteiger partial charge in [-0.25, -0.2) is 0 Å². The highest BCUT2D eigenvalue weighted by Gasteiger charge is 2.35. The van der Waals surface area contributed by atoms with E-state index in [2.05, 4.69) is 38.7 Å². The number of ether oxygens (including phenoxy) is 1. The molecule has 0 unspecified atom stereocenters. The van der Waals surface area contributed by atoms with Crippen LogP contribution in [0.25, 0.3) is 0 Å². The lowest BCUT2D eigenvalue weighted by atomic mass is 9.86. The van der Waals surface area contributed by atoms with Gasteiger partial charge in [0.1, 0.15) is 0 Å². The molecule has 2 aliphatic heterocycles. The van der Waals surface area contributed by atoms with Gasteiger partial charge < -0.3 is 9.64 Å². The third kappa shape index (κ3) is 6.74. The van der Waals surface area contributed by atoms with Crippen molar-refractivity contribution in [3.05, 3.63) is 30.1 Å². The van der Waals surface area contributed by atoms with Crippen molar-refractivity contribution in [2.75, 3.05) is 52.5 Å². The number of likely N-dealkylation sites (tertiary alicyclic amines) is 1. The molecular formula is C25H40N4O2. The Bertz CT molecular complexity index is 675. The number of amides is 1. The molecule has 172 valence electrons. The summed E-state index contributed by atoms with van der Waals surface area (Å²) in [6.07, 6.45) is 8.40. The molecule has 0 bridgehead atoms. The van der Waals surface area contributed by atoms with Crippen LogP contribution in [0.2, 0.25) is 0 Å². The maximum Gasteiger partial charge on any atom is 0.222 e. The highest BCUT2D eigenvalue weighted by Crippen LogP contribution is 2.31. The normalized spacial score (nSPS) is 25.5. The number of rotatable bonds is 10. The van der Waals surface area contributed by atoms with E-state index in [1.165, 1.54) is 19.3 Å². The maximum absolute atomic E-state index is 13.1. The molecule has 3 fully saturated rings. The number of pyridine rings is 1. The standard InChI is InChI=1S/C25H40N4O2/c1-2-12-29(18-21-6-7-21)25(30)9-8-22-19-27(20-23-5-3-4-11-26-23)13-10-24(22)28-14-16-31-17-15-28/h3-5,11,21-22,24H,2,6-10,12-20H2,1H3/t22-,24+/m0/s1. The number of carbonyl (C=O) groups is 1. The first-order valence-corrected chi connectivity index (χ1v) is 12.4. The van der Waals surface area contributed by atoms with Crippen molar-refractivity contribution in [3.8, 4) is 0 Å². The van der Waals surface area contributed by atoms with E-state index < -0.39 is 0 Å². The summed E-state index contributed by atoms with van der Waals surface area (Å²) in [6, 6.07) is 6.74. The Labute approximate surface area is 187 Å². The molecule has 0 spiro atoms. The van der Waals surface area contributed by atoms with Crippen LogP contribution in [0.4, 0.5) is 0 Å². The average molecular weight is 429 g/mol. The van der Waals surface area contributed by atoms with Crippen LogP contribution >= 0.6 is 0 Å². The molecule has 3 heterocycles. The van der Waals surface area contributed by atoms with Crippen molar-refractivity contribution in [2.45, 2.75) is 58.0 Å². The fraction of sp³-hybridized carbons (Fsp3) is 0.760. The number of carbonyl (C=O) groups excluding carboxylic acids is 1. The minimum atomic E-state index is 0.372. The third-order valence-electron chi connectivity index (χ3n) is 7.16. The van der Waals surface area contributed by atoms with Gasteiger partial charge in [0.2, 0.25) is 5.91 Å². The van der Waals surface area contributed by atoms with Gasteiger partial charge in [-0.15, -0.1) is 0 Å². The molecule has 3 aliphatic rings. The number of hydrogen-bond acceptors (Lipinski definition) is 5. The monoisotopic (exact) mass is 428 g/mol.